The van der Waals surface area contributed by atoms with Crippen molar-refractivity contribution < 1.29 is 14.3 Å². The van der Waals surface area contributed by atoms with Crippen LogP contribution in [0.15, 0.2) is 11.5 Å². The second kappa shape index (κ2) is 6.49. The number of carbonyl (C=O) groups excluding carboxylic acids is 1. The molecule has 0 bridgehead atoms. The van der Waals surface area contributed by atoms with Crippen LogP contribution in [0.4, 0.5) is 0 Å². The molecule has 0 amide bonds. The number of hydrogen-bond donors (Lipinski definition) is 0. The van der Waals surface area contributed by atoms with E-state index in [1.54, 1.807) is 0 Å². The van der Waals surface area contributed by atoms with Crippen LogP contribution in [0.25, 0.3) is 0 Å². The normalized spacial score (nSPS) is 16.4. The molecular formula is C12H20O3. The predicted octanol–water partition coefficient (Wildman–Crippen LogP) is 3.15. The Morgan fingerprint density at radius 3 is 1.87 bits per heavy atom. The van der Waals surface area contributed by atoms with Gasteiger partial charge in [0.05, 0.1) is 0 Å². The molecule has 3 nitrogen and oxygen atoms in total. The topological polar surface area (TPSA) is 35.5 Å². The van der Waals surface area contributed by atoms with Gasteiger partial charge >= 0.3 is 0 Å². The Hall–Kier alpha value is -0.990. The Morgan fingerprint density at radius 2 is 1.53 bits per heavy atom. The van der Waals surface area contributed by atoms with Crippen LogP contribution in [0.1, 0.15) is 52.4 Å². The Balaban J connectivity index is 2.51. The van der Waals surface area contributed by atoms with Crippen LogP contribution in [0, 0.1) is 0 Å². The van der Waals surface area contributed by atoms with E-state index in [1.807, 2.05) is 0 Å². The van der Waals surface area contributed by atoms with Gasteiger partial charge in [-0.3, -0.25) is 4.79 Å². The van der Waals surface area contributed by atoms with Crippen molar-refractivity contribution in [2.75, 3.05) is 0 Å². The molecule has 0 saturated heterocycles. The Kier molecular flexibility index (Phi) is 5.22. The summed E-state index contributed by atoms with van der Waals surface area (Å²) in [6.45, 7) is 4.28. The van der Waals surface area contributed by atoms with E-state index >= 15 is 0 Å². The maximum absolute atomic E-state index is 10.6. The lowest BCUT2D eigenvalue weighted by Gasteiger charge is -2.03. The van der Waals surface area contributed by atoms with E-state index in [4.69, 9.17) is 9.47 Å². The van der Waals surface area contributed by atoms with Gasteiger partial charge in [0.25, 0.3) is 6.29 Å². The summed E-state index contributed by atoms with van der Waals surface area (Å²) < 4.78 is 10.8. The zero-order valence-electron chi connectivity index (χ0n) is 9.62. The van der Waals surface area contributed by atoms with Crippen molar-refractivity contribution in [1.29, 1.82) is 0 Å². The van der Waals surface area contributed by atoms with Gasteiger partial charge in [-0.25, -0.2) is 0 Å². The quantitative estimate of drug-likeness (QED) is 0.608. The Morgan fingerprint density at radius 1 is 1.07 bits per heavy atom. The van der Waals surface area contributed by atoms with E-state index in [9.17, 15) is 4.79 Å². The van der Waals surface area contributed by atoms with Crippen molar-refractivity contribution in [1.82, 2.24) is 0 Å². The fraction of sp³-hybridized carbons (Fsp3) is 0.750. The minimum Gasteiger partial charge on any atom is -0.449 e. The molecule has 1 aliphatic rings. The summed E-state index contributed by atoms with van der Waals surface area (Å²) in [6.07, 6.45) is 6.22. The lowest BCUT2D eigenvalue weighted by molar-refractivity contribution is -0.130. The summed E-state index contributed by atoms with van der Waals surface area (Å²) >= 11 is 0. The molecule has 0 spiro atoms. The van der Waals surface area contributed by atoms with Gasteiger partial charge in [-0.1, -0.05) is 26.7 Å². The maximum atomic E-state index is 10.6. The largest absolute Gasteiger partial charge is 0.449 e. The minimum absolute atomic E-state index is 0.691. The molecule has 0 radical (unpaired) electrons. The zero-order valence-corrected chi connectivity index (χ0v) is 9.62. The van der Waals surface area contributed by atoms with Crippen LogP contribution in [0.3, 0.4) is 0 Å². The van der Waals surface area contributed by atoms with Gasteiger partial charge in [-0.15, -0.1) is 0 Å². The summed E-state index contributed by atoms with van der Waals surface area (Å²) in [5.41, 5.74) is 0. The van der Waals surface area contributed by atoms with Crippen LogP contribution in [-0.4, -0.2) is 12.6 Å². The summed E-state index contributed by atoms with van der Waals surface area (Å²) in [6, 6.07) is 0. The molecule has 0 atom stereocenters. The number of carbonyl (C=O) groups is 1. The third-order valence-electron chi connectivity index (χ3n) is 2.45. The highest BCUT2D eigenvalue weighted by Crippen LogP contribution is 2.28. The molecule has 0 saturated carbocycles. The van der Waals surface area contributed by atoms with Crippen LogP contribution < -0.4 is 0 Å². The molecule has 0 N–H and O–H groups in total. The highest BCUT2D eigenvalue weighted by atomic mass is 16.7. The van der Waals surface area contributed by atoms with Gasteiger partial charge in [0.2, 0.25) is 6.29 Å². The Labute approximate surface area is 91.4 Å². The molecular weight excluding hydrogens is 192 g/mol. The van der Waals surface area contributed by atoms with Crippen molar-refractivity contribution in [2.45, 2.75) is 58.7 Å². The van der Waals surface area contributed by atoms with Crippen LogP contribution >= 0.6 is 0 Å². The summed E-state index contributed by atoms with van der Waals surface area (Å²) in [5, 5.41) is 0. The van der Waals surface area contributed by atoms with Crippen molar-refractivity contribution in [3.8, 4) is 0 Å². The molecule has 1 aliphatic heterocycles. The first-order valence-electron chi connectivity index (χ1n) is 5.82. The maximum Gasteiger partial charge on any atom is 0.297 e. The number of unbranched alkanes of at least 4 members (excludes halogenated alkanes) is 2. The molecule has 86 valence electrons. The zero-order chi connectivity index (χ0) is 11.1. The molecule has 0 fully saturated rings. The number of rotatable bonds is 7. The number of hydrogen-bond acceptors (Lipinski definition) is 3. The predicted molar refractivity (Wildman–Crippen MR) is 58.1 cm³/mol. The van der Waals surface area contributed by atoms with E-state index in [0.29, 0.717) is 6.29 Å². The second-order valence-electron chi connectivity index (χ2n) is 3.79. The average molecular weight is 212 g/mol. The lowest BCUT2D eigenvalue weighted by Crippen LogP contribution is -2.09. The van der Waals surface area contributed by atoms with Gasteiger partial charge in [0.15, 0.2) is 0 Å². The van der Waals surface area contributed by atoms with E-state index in [1.165, 1.54) is 0 Å². The second-order valence-corrected chi connectivity index (χ2v) is 3.79. The SMILES string of the molecule is CCCCC1=C(CCCC)OC(C=O)O1. The highest BCUT2D eigenvalue weighted by molar-refractivity contribution is 5.55. The first-order valence-corrected chi connectivity index (χ1v) is 5.82. The molecule has 15 heavy (non-hydrogen) atoms. The van der Waals surface area contributed by atoms with Gasteiger partial charge in [-0.2, -0.15) is 0 Å². The van der Waals surface area contributed by atoms with E-state index in [0.717, 1.165) is 50.0 Å². The third kappa shape index (κ3) is 3.57. The standard InChI is InChI=1S/C12H20O3/c1-3-5-7-10-11(8-6-4-2)15-12(9-13)14-10/h9,12H,3-8H2,1-2H3. The van der Waals surface area contributed by atoms with E-state index < -0.39 is 6.29 Å². The van der Waals surface area contributed by atoms with Gasteiger partial charge in [0, 0.05) is 12.8 Å². The molecule has 3 heteroatoms. The van der Waals surface area contributed by atoms with Crippen molar-refractivity contribution in [3.63, 3.8) is 0 Å². The first kappa shape index (κ1) is 12.1. The molecule has 0 unspecified atom stereocenters. The van der Waals surface area contributed by atoms with Crippen LogP contribution in [0.2, 0.25) is 0 Å². The monoisotopic (exact) mass is 212 g/mol. The van der Waals surface area contributed by atoms with Gasteiger partial charge < -0.3 is 9.47 Å². The molecule has 1 rings (SSSR count). The summed E-state index contributed by atoms with van der Waals surface area (Å²) in [7, 11) is 0. The molecule has 0 aliphatic carbocycles. The number of aldehydes is 1. The Bertz CT molecular complexity index is 213. The van der Waals surface area contributed by atoms with Crippen molar-refractivity contribution in [3.05, 3.63) is 11.5 Å². The molecule has 0 aromatic rings. The van der Waals surface area contributed by atoms with Crippen LogP contribution in [0.5, 0.6) is 0 Å². The van der Waals surface area contributed by atoms with Crippen molar-refractivity contribution >= 4 is 6.29 Å². The van der Waals surface area contributed by atoms with Crippen LogP contribution in [-0.2, 0) is 14.3 Å². The summed E-state index contributed by atoms with van der Waals surface area (Å²) in [4.78, 5) is 10.6. The van der Waals surface area contributed by atoms with E-state index in [-0.39, 0.29) is 0 Å². The average Bonchev–Trinajstić information content (AvgIpc) is 2.66. The minimum atomic E-state index is -0.691. The first-order chi connectivity index (χ1) is 7.31. The van der Waals surface area contributed by atoms with E-state index in [2.05, 4.69) is 13.8 Å². The fourth-order valence-electron chi connectivity index (χ4n) is 1.56. The molecule has 0 aromatic heterocycles. The number of ether oxygens (including phenoxy) is 2. The lowest BCUT2D eigenvalue weighted by atomic mass is 10.1. The third-order valence-corrected chi connectivity index (χ3v) is 2.45. The highest BCUT2D eigenvalue weighted by Gasteiger charge is 2.25. The molecule has 0 aromatic carbocycles. The summed E-state index contributed by atoms with van der Waals surface area (Å²) in [5.74, 6) is 1.78. The van der Waals surface area contributed by atoms with Gasteiger partial charge in [0.1, 0.15) is 11.5 Å². The molecule has 1 heterocycles. The number of allylic oxidation sites excluding steroid dienone is 2. The van der Waals surface area contributed by atoms with Gasteiger partial charge in [-0.05, 0) is 12.8 Å². The fourth-order valence-corrected chi connectivity index (χ4v) is 1.56. The smallest absolute Gasteiger partial charge is 0.297 e. The van der Waals surface area contributed by atoms with Crippen molar-refractivity contribution in [2.24, 2.45) is 0 Å².